The van der Waals surface area contributed by atoms with Gasteiger partial charge in [0.2, 0.25) is 0 Å². The number of hydrogen-bond acceptors (Lipinski definition) is 7. The second kappa shape index (κ2) is 12.4. The highest BCUT2D eigenvalue weighted by molar-refractivity contribution is 6.46. The first-order valence-corrected chi connectivity index (χ1v) is 12.4. The summed E-state index contributed by atoms with van der Waals surface area (Å²) in [5.74, 6) is 0.111. The number of aliphatic hydroxyl groups is 1. The zero-order valence-corrected chi connectivity index (χ0v) is 21.7. The predicted molar refractivity (Wildman–Crippen MR) is 139 cm³/mol. The molecule has 1 N–H and O–H groups in total. The van der Waals surface area contributed by atoms with Gasteiger partial charge in [0.25, 0.3) is 11.7 Å². The summed E-state index contributed by atoms with van der Waals surface area (Å²) in [6.07, 6.45) is 0.879. The molecule has 0 unspecified atom stereocenters. The Balaban J connectivity index is 2.09. The number of hydrogen-bond donors (Lipinski definition) is 1. The fourth-order valence-corrected chi connectivity index (χ4v) is 4.35. The topological polar surface area (TPSA) is 88.5 Å². The molecule has 1 aliphatic heterocycles. The van der Waals surface area contributed by atoms with Crippen LogP contribution in [-0.4, -0.2) is 73.6 Å². The molecule has 36 heavy (non-hydrogen) atoms. The molecule has 8 nitrogen and oxygen atoms in total. The molecule has 2 aromatic carbocycles. The molecule has 1 aliphatic rings. The van der Waals surface area contributed by atoms with Crippen molar-refractivity contribution in [1.82, 2.24) is 9.80 Å². The summed E-state index contributed by atoms with van der Waals surface area (Å²) in [7, 11) is 3.07. The van der Waals surface area contributed by atoms with E-state index in [9.17, 15) is 14.7 Å². The number of Topliss-reactive ketones (excluding diaryl/α,β-unsaturated/α-hetero) is 1. The lowest BCUT2D eigenvalue weighted by molar-refractivity contribution is -0.140. The van der Waals surface area contributed by atoms with Gasteiger partial charge < -0.3 is 29.1 Å². The minimum Gasteiger partial charge on any atom is -0.507 e. The van der Waals surface area contributed by atoms with Crippen molar-refractivity contribution >= 4 is 17.4 Å². The third-order valence-corrected chi connectivity index (χ3v) is 6.42. The van der Waals surface area contributed by atoms with E-state index in [0.717, 1.165) is 19.5 Å². The maximum atomic E-state index is 13.3. The van der Waals surface area contributed by atoms with Gasteiger partial charge in [-0.3, -0.25) is 9.59 Å². The van der Waals surface area contributed by atoms with E-state index in [2.05, 4.69) is 18.7 Å². The summed E-state index contributed by atoms with van der Waals surface area (Å²) in [6, 6.07) is 11.4. The van der Waals surface area contributed by atoms with Crippen molar-refractivity contribution < 1.29 is 28.9 Å². The van der Waals surface area contributed by atoms with Crippen LogP contribution in [0.25, 0.3) is 5.76 Å². The highest BCUT2D eigenvalue weighted by Gasteiger charge is 2.46. The molecule has 0 saturated carbocycles. The van der Waals surface area contributed by atoms with Gasteiger partial charge in [-0.05, 0) is 61.5 Å². The summed E-state index contributed by atoms with van der Waals surface area (Å²) in [5.41, 5.74) is 1.14. The molecule has 1 amide bonds. The zero-order valence-electron chi connectivity index (χ0n) is 21.7. The number of carbonyl (C=O) groups is 2. The molecular weight excluding hydrogens is 460 g/mol. The molecule has 0 bridgehead atoms. The number of benzene rings is 2. The normalized spacial score (nSPS) is 17.1. The number of ketones is 1. The summed E-state index contributed by atoms with van der Waals surface area (Å²) in [5, 5.41) is 11.3. The molecule has 0 spiro atoms. The quantitative estimate of drug-likeness (QED) is 0.267. The Morgan fingerprint density at radius 1 is 0.972 bits per heavy atom. The van der Waals surface area contributed by atoms with Crippen LogP contribution < -0.4 is 14.2 Å². The van der Waals surface area contributed by atoms with Crippen LogP contribution in [0.2, 0.25) is 0 Å². The number of aliphatic hydroxyl groups excluding tert-OH is 1. The lowest BCUT2D eigenvalue weighted by Gasteiger charge is -2.28. The van der Waals surface area contributed by atoms with E-state index in [1.807, 2.05) is 6.92 Å². The Bertz CT molecular complexity index is 1090. The Morgan fingerprint density at radius 3 is 2.22 bits per heavy atom. The molecule has 1 heterocycles. The van der Waals surface area contributed by atoms with Gasteiger partial charge in [-0.25, -0.2) is 0 Å². The number of likely N-dealkylation sites (tertiary alicyclic amines) is 1. The van der Waals surface area contributed by atoms with E-state index >= 15 is 0 Å². The summed E-state index contributed by atoms with van der Waals surface area (Å²) >= 11 is 0. The maximum absolute atomic E-state index is 13.3. The van der Waals surface area contributed by atoms with Crippen molar-refractivity contribution in [3.05, 3.63) is 59.2 Å². The van der Waals surface area contributed by atoms with Crippen molar-refractivity contribution in [2.75, 3.05) is 47.0 Å². The van der Waals surface area contributed by atoms with Gasteiger partial charge in [-0.2, -0.15) is 0 Å². The summed E-state index contributed by atoms with van der Waals surface area (Å²) in [6.45, 7) is 9.31. The van der Waals surface area contributed by atoms with Crippen molar-refractivity contribution in [2.45, 2.75) is 33.2 Å². The van der Waals surface area contributed by atoms with Gasteiger partial charge in [0, 0.05) is 18.7 Å². The van der Waals surface area contributed by atoms with E-state index in [1.165, 1.54) is 12.0 Å². The Hall–Kier alpha value is -3.52. The number of likely N-dealkylation sites (N-methyl/N-ethyl adjacent to an activating group) is 1. The maximum Gasteiger partial charge on any atom is 0.295 e. The van der Waals surface area contributed by atoms with Gasteiger partial charge in [0.05, 0.1) is 32.4 Å². The third-order valence-electron chi connectivity index (χ3n) is 6.42. The summed E-state index contributed by atoms with van der Waals surface area (Å²) in [4.78, 5) is 30.2. The molecule has 0 radical (unpaired) electrons. The van der Waals surface area contributed by atoms with Crippen molar-refractivity contribution in [1.29, 1.82) is 0 Å². The largest absolute Gasteiger partial charge is 0.507 e. The van der Waals surface area contributed by atoms with Crippen molar-refractivity contribution in [2.24, 2.45) is 0 Å². The number of ether oxygens (including phenoxy) is 3. The van der Waals surface area contributed by atoms with E-state index in [1.54, 1.807) is 49.6 Å². The fraction of sp³-hybridized carbons (Fsp3) is 0.429. The van der Waals surface area contributed by atoms with E-state index < -0.39 is 17.7 Å². The first-order chi connectivity index (χ1) is 17.4. The van der Waals surface area contributed by atoms with Crippen LogP contribution in [0.5, 0.6) is 17.2 Å². The highest BCUT2D eigenvalue weighted by atomic mass is 16.5. The standard InChI is InChI=1S/C28H36N2O6/c1-6-17-36-21-12-9-19(10-13-21)26(31)24-25(20-11-14-22(34-4)23(18-20)35-5)30(28(33)27(24)32)16-15-29(7-2)8-3/h9-14,18,25,31H,6-8,15-17H2,1-5H3/b26-24+/t25-/m1/s1. The van der Waals surface area contributed by atoms with Crippen LogP contribution in [0.15, 0.2) is 48.0 Å². The van der Waals surface area contributed by atoms with Crippen LogP contribution in [0.4, 0.5) is 0 Å². The number of methoxy groups -OCH3 is 2. The van der Waals surface area contributed by atoms with Gasteiger partial charge in [-0.15, -0.1) is 0 Å². The predicted octanol–water partition coefficient (Wildman–Crippen LogP) is 4.26. The molecule has 1 atom stereocenters. The van der Waals surface area contributed by atoms with Gasteiger partial charge >= 0.3 is 0 Å². The number of rotatable bonds is 12. The Labute approximate surface area is 213 Å². The molecule has 1 fully saturated rings. The SMILES string of the molecule is CCCOc1ccc(/C(O)=C2\C(=O)C(=O)N(CCN(CC)CC)[C@@H]2c2ccc(OC)c(OC)c2)cc1. The zero-order chi connectivity index (χ0) is 26.2. The average molecular weight is 497 g/mol. The van der Waals surface area contributed by atoms with Crippen LogP contribution in [-0.2, 0) is 9.59 Å². The van der Waals surface area contributed by atoms with Crippen LogP contribution >= 0.6 is 0 Å². The number of carbonyl (C=O) groups excluding carboxylic acids is 2. The van der Waals surface area contributed by atoms with Crippen molar-refractivity contribution in [3.63, 3.8) is 0 Å². The Morgan fingerprint density at radius 2 is 1.64 bits per heavy atom. The minimum absolute atomic E-state index is 0.0500. The van der Waals surface area contributed by atoms with Crippen LogP contribution in [0, 0.1) is 0 Å². The molecule has 194 valence electrons. The van der Waals surface area contributed by atoms with Gasteiger partial charge in [0.1, 0.15) is 11.5 Å². The second-order valence-electron chi connectivity index (χ2n) is 8.51. The van der Waals surface area contributed by atoms with E-state index in [-0.39, 0.29) is 11.3 Å². The first kappa shape index (κ1) is 27.1. The molecular formula is C28H36N2O6. The molecule has 2 aromatic rings. The van der Waals surface area contributed by atoms with E-state index in [0.29, 0.717) is 48.1 Å². The molecule has 0 aliphatic carbocycles. The van der Waals surface area contributed by atoms with Crippen molar-refractivity contribution in [3.8, 4) is 17.2 Å². The van der Waals surface area contributed by atoms with Gasteiger partial charge in [-0.1, -0.05) is 26.8 Å². The number of amides is 1. The molecule has 0 aromatic heterocycles. The number of nitrogens with zero attached hydrogens (tertiary/aromatic N) is 2. The lowest BCUT2D eigenvalue weighted by atomic mass is 9.95. The molecule has 8 heteroatoms. The summed E-state index contributed by atoms with van der Waals surface area (Å²) < 4.78 is 16.5. The lowest BCUT2D eigenvalue weighted by Crippen LogP contribution is -2.38. The average Bonchev–Trinajstić information content (AvgIpc) is 3.16. The van der Waals surface area contributed by atoms with Gasteiger partial charge in [0.15, 0.2) is 11.5 Å². The first-order valence-electron chi connectivity index (χ1n) is 12.4. The monoisotopic (exact) mass is 496 g/mol. The van der Waals surface area contributed by atoms with Crippen LogP contribution in [0.1, 0.15) is 44.4 Å². The second-order valence-corrected chi connectivity index (χ2v) is 8.51. The smallest absolute Gasteiger partial charge is 0.295 e. The molecule has 3 rings (SSSR count). The molecule has 1 saturated heterocycles. The Kier molecular flexibility index (Phi) is 9.36. The third kappa shape index (κ3) is 5.65. The highest BCUT2D eigenvalue weighted by Crippen LogP contribution is 2.42. The minimum atomic E-state index is -0.767. The van der Waals surface area contributed by atoms with E-state index in [4.69, 9.17) is 14.2 Å². The van der Waals surface area contributed by atoms with Crippen LogP contribution in [0.3, 0.4) is 0 Å². The fourth-order valence-electron chi connectivity index (χ4n) is 4.35.